The normalized spacial score (nSPS) is 15.3. The Labute approximate surface area is 122 Å². The fourth-order valence-electron chi connectivity index (χ4n) is 2.81. The lowest BCUT2D eigenvalue weighted by molar-refractivity contribution is 1.08. The molecule has 102 valence electrons. The minimum Gasteiger partial charge on any atom is -0.345 e. The van der Waals surface area contributed by atoms with E-state index in [9.17, 15) is 0 Å². The summed E-state index contributed by atoms with van der Waals surface area (Å²) in [5, 5.41) is 0. The second kappa shape index (κ2) is 4.98. The van der Waals surface area contributed by atoms with Crippen molar-refractivity contribution < 1.29 is 0 Å². The molecule has 3 aromatic rings. The molecule has 1 N–H and O–H groups in total. The predicted molar refractivity (Wildman–Crippen MR) is 82.2 cm³/mol. The van der Waals surface area contributed by atoms with Gasteiger partial charge in [0.1, 0.15) is 6.33 Å². The highest BCUT2D eigenvalue weighted by atomic mass is 14.8. The van der Waals surface area contributed by atoms with Crippen molar-refractivity contribution in [2.45, 2.75) is 12.8 Å². The van der Waals surface area contributed by atoms with Gasteiger partial charge in [-0.1, -0.05) is 12.1 Å². The van der Waals surface area contributed by atoms with Crippen molar-refractivity contribution in [3.63, 3.8) is 0 Å². The van der Waals surface area contributed by atoms with Gasteiger partial charge in [-0.05, 0) is 47.2 Å². The second-order valence-electron chi connectivity index (χ2n) is 5.18. The highest BCUT2D eigenvalue weighted by molar-refractivity contribution is 5.86. The number of aromatic nitrogens is 4. The van der Waals surface area contributed by atoms with Crippen LogP contribution < -0.4 is 0 Å². The molecule has 4 nitrogen and oxygen atoms in total. The summed E-state index contributed by atoms with van der Waals surface area (Å²) >= 11 is 0. The smallest absolute Gasteiger partial charge is 0.115 e. The van der Waals surface area contributed by atoms with Crippen LogP contribution >= 0.6 is 0 Å². The third-order valence-electron chi connectivity index (χ3n) is 3.86. The molecule has 1 aromatic carbocycles. The summed E-state index contributed by atoms with van der Waals surface area (Å²) in [4.78, 5) is 15.4. The Morgan fingerprint density at radius 2 is 1.86 bits per heavy atom. The minimum absolute atomic E-state index is 1.05. The number of aryl methyl sites for hydroxylation is 1. The first kappa shape index (κ1) is 12.0. The number of nitrogens with zero attached hydrogens (tertiary/aromatic N) is 3. The van der Waals surface area contributed by atoms with Crippen molar-refractivity contribution in [2.24, 2.45) is 0 Å². The number of imidazole rings is 1. The maximum Gasteiger partial charge on any atom is 0.115 e. The average molecular weight is 274 g/mol. The zero-order valence-electron chi connectivity index (χ0n) is 11.5. The van der Waals surface area contributed by atoms with Gasteiger partial charge < -0.3 is 4.98 Å². The lowest BCUT2D eigenvalue weighted by Crippen LogP contribution is -1.86. The third kappa shape index (κ3) is 2.25. The molecule has 4 heteroatoms. The Morgan fingerprint density at radius 3 is 2.67 bits per heavy atom. The molecule has 0 fully saturated rings. The van der Waals surface area contributed by atoms with Crippen molar-refractivity contribution in [3.05, 3.63) is 66.3 Å². The summed E-state index contributed by atoms with van der Waals surface area (Å²) in [6, 6.07) is 6.60. The van der Waals surface area contributed by atoms with Crippen LogP contribution in [0.3, 0.4) is 0 Å². The van der Waals surface area contributed by atoms with E-state index in [1.54, 1.807) is 12.7 Å². The Bertz CT molecular complexity index is 789. The van der Waals surface area contributed by atoms with Gasteiger partial charge in [-0.3, -0.25) is 0 Å². The van der Waals surface area contributed by atoms with Gasteiger partial charge in [-0.15, -0.1) is 0 Å². The van der Waals surface area contributed by atoms with E-state index >= 15 is 0 Å². The summed E-state index contributed by atoms with van der Waals surface area (Å²) in [6.45, 7) is 0. The third-order valence-corrected chi connectivity index (χ3v) is 3.86. The Morgan fingerprint density at radius 1 is 0.952 bits per heavy atom. The molecular weight excluding hydrogens is 260 g/mol. The summed E-state index contributed by atoms with van der Waals surface area (Å²) in [5.41, 5.74) is 7.34. The van der Waals surface area contributed by atoms with Gasteiger partial charge in [0.05, 0.1) is 18.2 Å². The molecular formula is C17H14N4. The lowest BCUT2D eigenvalue weighted by atomic mass is 10.0. The molecule has 0 bridgehead atoms. The molecule has 0 unspecified atom stereocenters. The molecule has 21 heavy (non-hydrogen) atoms. The van der Waals surface area contributed by atoms with Crippen LogP contribution in [0.2, 0.25) is 0 Å². The van der Waals surface area contributed by atoms with Crippen LogP contribution in [0.15, 0.2) is 49.4 Å². The van der Waals surface area contributed by atoms with Gasteiger partial charge in [0, 0.05) is 18.0 Å². The number of benzene rings is 1. The van der Waals surface area contributed by atoms with E-state index in [0.717, 1.165) is 29.7 Å². The number of aromatic amines is 1. The van der Waals surface area contributed by atoms with Crippen LogP contribution in [0.1, 0.15) is 23.2 Å². The fraction of sp³-hybridized carbons (Fsp3) is 0.118. The fourth-order valence-corrected chi connectivity index (χ4v) is 2.81. The van der Waals surface area contributed by atoms with Gasteiger partial charge in [0.25, 0.3) is 0 Å². The van der Waals surface area contributed by atoms with E-state index in [2.05, 4.69) is 44.2 Å². The van der Waals surface area contributed by atoms with E-state index in [1.807, 2.05) is 18.6 Å². The molecule has 1 aliphatic carbocycles. The van der Waals surface area contributed by atoms with Crippen LogP contribution in [0.5, 0.6) is 0 Å². The highest BCUT2D eigenvalue weighted by Crippen LogP contribution is 2.36. The maximum atomic E-state index is 4.10. The largest absolute Gasteiger partial charge is 0.345 e. The first-order valence-electron chi connectivity index (χ1n) is 6.98. The first-order chi connectivity index (χ1) is 10.4. The summed E-state index contributed by atoms with van der Waals surface area (Å²) in [6.07, 6.45) is 13.2. The van der Waals surface area contributed by atoms with Crippen molar-refractivity contribution >= 4 is 11.6 Å². The zero-order chi connectivity index (χ0) is 14.1. The van der Waals surface area contributed by atoms with E-state index < -0.39 is 0 Å². The summed E-state index contributed by atoms with van der Waals surface area (Å²) in [5.74, 6) is 0. The van der Waals surface area contributed by atoms with Gasteiger partial charge in [0.15, 0.2) is 0 Å². The molecule has 0 spiro atoms. The van der Waals surface area contributed by atoms with Gasteiger partial charge in [0.2, 0.25) is 0 Å². The lowest BCUT2D eigenvalue weighted by Gasteiger charge is -2.05. The monoisotopic (exact) mass is 274 g/mol. The van der Waals surface area contributed by atoms with Gasteiger partial charge in [-0.25, -0.2) is 15.0 Å². The Hall–Kier alpha value is -2.75. The van der Waals surface area contributed by atoms with Crippen LogP contribution in [0.4, 0.5) is 0 Å². The Kier molecular flexibility index (Phi) is 2.85. The standard InChI is InChI=1S/C17H14N4/c1-3-13(15-7-18-10-19-8-15)6-17-12(1)2-4-14(17)5-16-9-20-11-21-16/h1,3,5-11H,2,4H2,(H,20,21)/b14-5-. The Balaban J connectivity index is 1.78. The number of allylic oxidation sites excluding steroid dienone is 1. The van der Waals surface area contributed by atoms with Crippen LogP contribution in [0, 0.1) is 0 Å². The van der Waals surface area contributed by atoms with Crippen LogP contribution in [-0.2, 0) is 6.42 Å². The number of hydrogen-bond acceptors (Lipinski definition) is 3. The highest BCUT2D eigenvalue weighted by Gasteiger charge is 2.17. The molecule has 4 rings (SSSR count). The van der Waals surface area contributed by atoms with Crippen molar-refractivity contribution in [3.8, 4) is 11.1 Å². The number of rotatable bonds is 2. The molecule has 0 aliphatic heterocycles. The molecule has 0 atom stereocenters. The van der Waals surface area contributed by atoms with Crippen LogP contribution in [-0.4, -0.2) is 19.9 Å². The number of hydrogen-bond donors (Lipinski definition) is 1. The van der Waals surface area contributed by atoms with E-state index in [4.69, 9.17) is 0 Å². The predicted octanol–water partition coefficient (Wildman–Crippen LogP) is 3.35. The average Bonchev–Trinajstić information content (AvgIpc) is 3.19. The first-order valence-corrected chi connectivity index (χ1v) is 6.98. The SMILES string of the molecule is C(=C1\CCc2ccc(-c3cncnc3)cc21)/c1cnc[nH]1. The summed E-state index contributed by atoms with van der Waals surface area (Å²) < 4.78 is 0. The molecule has 0 saturated heterocycles. The molecule has 0 amide bonds. The van der Waals surface area contributed by atoms with Gasteiger partial charge in [-0.2, -0.15) is 0 Å². The van der Waals surface area contributed by atoms with E-state index in [0.29, 0.717) is 0 Å². The van der Waals surface area contributed by atoms with Crippen molar-refractivity contribution in [2.75, 3.05) is 0 Å². The maximum absolute atomic E-state index is 4.10. The molecule has 0 saturated carbocycles. The van der Waals surface area contributed by atoms with E-state index in [-0.39, 0.29) is 0 Å². The molecule has 1 aliphatic rings. The van der Waals surface area contributed by atoms with Crippen molar-refractivity contribution in [1.82, 2.24) is 19.9 Å². The molecule has 0 radical (unpaired) electrons. The summed E-state index contributed by atoms with van der Waals surface area (Å²) in [7, 11) is 0. The topological polar surface area (TPSA) is 54.5 Å². The molecule has 2 heterocycles. The number of H-pyrrole nitrogens is 1. The zero-order valence-corrected chi connectivity index (χ0v) is 11.5. The number of nitrogens with one attached hydrogen (secondary N) is 1. The molecule has 2 aromatic heterocycles. The second-order valence-corrected chi connectivity index (χ2v) is 5.18. The van der Waals surface area contributed by atoms with Gasteiger partial charge >= 0.3 is 0 Å². The van der Waals surface area contributed by atoms with Crippen molar-refractivity contribution in [1.29, 1.82) is 0 Å². The van der Waals surface area contributed by atoms with Crippen LogP contribution in [0.25, 0.3) is 22.8 Å². The number of fused-ring (bicyclic) bond motifs is 1. The quantitative estimate of drug-likeness (QED) is 0.779. The minimum atomic E-state index is 1.05. The van der Waals surface area contributed by atoms with E-state index in [1.165, 1.54) is 16.7 Å².